The number of esters is 1. The summed E-state index contributed by atoms with van der Waals surface area (Å²) in [7, 11) is 0. The first-order valence-corrected chi connectivity index (χ1v) is 9.20. The molecule has 0 spiro atoms. The SMILES string of the molecule is C=CCN1C(=O)c2ccccc2N2C(=O)CC[C@@]12C(=O)OCC(=O)C(C)(C)C. The fourth-order valence-corrected chi connectivity index (χ4v) is 3.59. The lowest BCUT2D eigenvalue weighted by atomic mass is 9.91. The molecule has 1 aromatic rings. The lowest BCUT2D eigenvalue weighted by Crippen LogP contribution is -2.68. The van der Waals surface area contributed by atoms with Crippen molar-refractivity contribution in [3.8, 4) is 0 Å². The summed E-state index contributed by atoms with van der Waals surface area (Å²) in [5.74, 6) is -1.67. The zero-order chi connectivity index (χ0) is 20.7. The van der Waals surface area contributed by atoms with Crippen LogP contribution in [0.4, 0.5) is 5.69 Å². The molecule has 2 heterocycles. The minimum absolute atomic E-state index is 0.0687. The van der Waals surface area contributed by atoms with Crippen LogP contribution in [-0.4, -0.2) is 47.3 Å². The molecule has 1 saturated heterocycles. The molecule has 1 aromatic carbocycles. The lowest BCUT2D eigenvalue weighted by molar-refractivity contribution is -0.160. The Balaban J connectivity index is 2.05. The Morgan fingerprint density at radius 1 is 1.25 bits per heavy atom. The fourth-order valence-electron chi connectivity index (χ4n) is 3.59. The smallest absolute Gasteiger partial charge is 0.354 e. The first kappa shape index (κ1) is 19.8. The van der Waals surface area contributed by atoms with Crippen molar-refractivity contribution in [2.45, 2.75) is 39.3 Å². The second kappa shape index (κ2) is 6.89. The molecule has 1 fully saturated rings. The highest BCUT2D eigenvalue weighted by atomic mass is 16.5. The number of ether oxygens (including phenoxy) is 1. The molecule has 1 atom stereocenters. The number of Topliss-reactive ketones (excluding diaryl/α,β-unsaturated/α-hetero) is 1. The molecule has 2 aliphatic heterocycles. The molecule has 0 aliphatic carbocycles. The van der Waals surface area contributed by atoms with E-state index in [0.717, 1.165) is 0 Å². The van der Waals surface area contributed by atoms with E-state index >= 15 is 0 Å². The predicted octanol–water partition coefficient (Wildman–Crippen LogP) is 2.31. The topological polar surface area (TPSA) is 84.0 Å². The van der Waals surface area contributed by atoms with Gasteiger partial charge in [0.2, 0.25) is 11.6 Å². The van der Waals surface area contributed by atoms with E-state index in [1.807, 2.05) is 0 Å². The van der Waals surface area contributed by atoms with Crippen LogP contribution in [0.1, 0.15) is 44.0 Å². The second-order valence-electron chi connectivity index (χ2n) is 8.02. The average molecular weight is 384 g/mol. The largest absolute Gasteiger partial charge is 0.455 e. The maximum absolute atomic E-state index is 13.2. The summed E-state index contributed by atoms with van der Waals surface area (Å²) in [6, 6.07) is 6.68. The Bertz CT molecular complexity index is 870. The van der Waals surface area contributed by atoms with Gasteiger partial charge in [0.05, 0.1) is 11.3 Å². The van der Waals surface area contributed by atoms with Gasteiger partial charge < -0.3 is 9.64 Å². The summed E-state index contributed by atoms with van der Waals surface area (Å²) in [6.45, 7) is 8.53. The number of carbonyl (C=O) groups is 4. The number of benzene rings is 1. The van der Waals surface area contributed by atoms with Gasteiger partial charge in [-0.1, -0.05) is 39.0 Å². The van der Waals surface area contributed by atoms with Gasteiger partial charge in [-0.15, -0.1) is 6.58 Å². The van der Waals surface area contributed by atoms with Gasteiger partial charge in [-0.2, -0.15) is 0 Å². The van der Waals surface area contributed by atoms with Gasteiger partial charge in [-0.25, -0.2) is 4.79 Å². The molecule has 28 heavy (non-hydrogen) atoms. The van der Waals surface area contributed by atoms with Crippen LogP contribution >= 0.6 is 0 Å². The highest BCUT2D eigenvalue weighted by molar-refractivity contribution is 6.15. The maximum atomic E-state index is 13.2. The van der Waals surface area contributed by atoms with Gasteiger partial charge >= 0.3 is 5.97 Å². The Labute approximate surface area is 163 Å². The average Bonchev–Trinajstić information content (AvgIpc) is 3.00. The number of hydrogen-bond donors (Lipinski definition) is 0. The summed E-state index contributed by atoms with van der Waals surface area (Å²) >= 11 is 0. The Kier molecular flexibility index (Phi) is 4.87. The molecular weight excluding hydrogens is 360 g/mol. The van der Waals surface area contributed by atoms with Crippen LogP contribution in [0.5, 0.6) is 0 Å². The lowest BCUT2D eigenvalue weighted by Gasteiger charge is -2.48. The molecule has 3 rings (SSSR count). The summed E-state index contributed by atoms with van der Waals surface area (Å²) in [5.41, 5.74) is -1.54. The molecular formula is C21H24N2O5. The number of ketones is 1. The Hall–Kier alpha value is -2.96. The standard InChI is InChI=1S/C21H24N2O5/c1-5-12-22-18(26)14-8-6-7-9-15(14)23-17(25)10-11-21(22,23)19(27)28-13-16(24)20(2,3)4/h5-9H,1,10-13H2,2-4H3/t21-/m1/s1. The van der Waals surface area contributed by atoms with E-state index < -0.39 is 23.7 Å². The van der Waals surface area contributed by atoms with Crippen LogP contribution in [0.2, 0.25) is 0 Å². The number of carbonyl (C=O) groups excluding carboxylic acids is 4. The van der Waals surface area contributed by atoms with Crippen molar-refractivity contribution in [2.75, 3.05) is 18.1 Å². The van der Waals surface area contributed by atoms with Gasteiger partial charge in [-0.3, -0.25) is 19.3 Å². The van der Waals surface area contributed by atoms with Crippen LogP contribution < -0.4 is 4.90 Å². The third-order valence-corrected chi connectivity index (χ3v) is 5.18. The van der Waals surface area contributed by atoms with Crippen molar-refractivity contribution in [2.24, 2.45) is 5.41 Å². The third-order valence-electron chi connectivity index (χ3n) is 5.18. The summed E-state index contributed by atoms with van der Waals surface area (Å²) in [4.78, 5) is 54.0. The minimum Gasteiger partial charge on any atom is -0.455 e. The highest BCUT2D eigenvalue weighted by Crippen LogP contribution is 2.45. The number of nitrogens with zero attached hydrogens (tertiary/aromatic N) is 2. The monoisotopic (exact) mass is 384 g/mol. The molecule has 7 nitrogen and oxygen atoms in total. The van der Waals surface area contributed by atoms with E-state index in [0.29, 0.717) is 11.3 Å². The van der Waals surface area contributed by atoms with Crippen molar-refractivity contribution in [3.63, 3.8) is 0 Å². The van der Waals surface area contributed by atoms with Crippen molar-refractivity contribution in [3.05, 3.63) is 42.5 Å². The van der Waals surface area contributed by atoms with E-state index in [4.69, 9.17) is 4.74 Å². The molecule has 148 valence electrons. The maximum Gasteiger partial charge on any atom is 0.354 e. The van der Waals surface area contributed by atoms with Crippen LogP contribution in [0, 0.1) is 5.41 Å². The molecule has 0 unspecified atom stereocenters. The highest BCUT2D eigenvalue weighted by Gasteiger charge is 2.61. The minimum atomic E-state index is -1.60. The van der Waals surface area contributed by atoms with Crippen molar-refractivity contribution >= 4 is 29.3 Å². The fraction of sp³-hybridized carbons (Fsp3) is 0.429. The van der Waals surface area contributed by atoms with Crippen LogP contribution in [0.15, 0.2) is 36.9 Å². The Morgan fingerprint density at radius 2 is 1.93 bits per heavy atom. The Morgan fingerprint density at radius 3 is 2.57 bits per heavy atom. The van der Waals surface area contributed by atoms with Gasteiger partial charge in [-0.05, 0) is 12.1 Å². The van der Waals surface area contributed by atoms with Crippen LogP contribution in [0.3, 0.4) is 0 Å². The predicted molar refractivity (Wildman–Crippen MR) is 103 cm³/mol. The van der Waals surface area contributed by atoms with Gasteiger partial charge in [0.1, 0.15) is 0 Å². The number of amides is 2. The number of fused-ring (bicyclic) bond motifs is 3. The first-order chi connectivity index (χ1) is 13.1. The summed E-state index contributed by atoms with van der Waals surface area (Å²) in [5, 5.41) is 0. The van der Waals surface area contributed by atoms with Crippen LogP contribution in [-0.2, 0) is 19.1 Å². The second-order valence-corrected chi connectivity index (χ2v) is 8.02. The molecule has 0 saturated carbocycles. The summed E-state index contributed by atoms with van der Waals surface area (Å²) in [6.07, 6.45) is 1.70. The van der Waals surface area contributed by atoms with E-state index in [2.05, 4.69) is 6.58 Å². The number of rotatable bonds is 5. The van der Waals surface area contributed by atoms with Crippen molar-refractivity contribution < 1.29 is 23.9 Å². The van der Waals surface area contributed by atoms with E-state index in [1.165, 1.54) is 15.9 Å². The zero-order valence-electron chi connectivity index (χ0n) is 16.4. The van der Waals surface area contributed by atoms with E-state index in [9.17, 15) is 19.2 Å². The molecule has 7 heteroatoms. The van der Waals surface area contributed by atoms with Gasteiger partial charge in [0.25, 0.3) is 5.91 Å². The molecule has 0 bridgehead atoms. The normalized spacial score (nSPS) is 21.2. The molecule has 0 radical (unpaired) electrons. The number of anilines is 1. The third kappa shape index (κ3) is 2.91. The van der Waals surface area contributed by atoms with Crippen molar-refractivity contribution in [1.29, 1.82) is 0 Å². The molecule has 0 aromatic heterocycles. The quantitative estimate of drug-likeness (QED) is 0.575. The van der Waals surface area contributed by atoms with Gasteiger partial charge in [0, 0.05) is 24.8 Å². The summed E-state index contributed by atoms with van der Waals surface area (Å²) < 4.78 is 5.35. The van der Waals surface area contributed by atoms with Crippen LogP contribution in [0.25, 0.3) is 0 Å². The van der Waals surface area contributed by atoms with E-state index in [1.54, 1.807) is 45.0 Å². The molecule has 2 amide bonds. The number of hydrogen-bond acceptors (Lipinski definition) is 5. The number of para-hydroxylation sites is 1. The molecule has 2 aliphatic rings. The van der Waals surface area contributed by atoms with Crippen molar-refractivity contribution in [1.82, 2.24) is 4.90 Å². The zero-order valence-corrected chi connectivity index (χ0v) is 16.4. The van der Waals surface area contributed by atoms with Gasteiger partial charge in [0.15, 0.2) is 12.4 Å². The first-order valence-electron chi connectivity index (χ1n) is 9.20. The van der Waals surface area contributed by atoms with E-state index in [-0.39, 0.29) is 37.0 Å². The molecule has 0 N–H and O–H groups in total.